The molecule has 4 aromatic rings. The summed E-state index contributed by atoms with van der Waals surface area (Å²) in [5.41, 5.74) is 1.60. The smallest absolute Gasteiger partial charge is 0.289 e. The predicted molar refractivity (Wildman–Crippen MR) is 104 cm³/mol. The molecule has 2 aromatic carbocycles. The number of likely N-dealkylation sites (tertiary alicyclic amines) is 1. The Morgan fingerprint density at radius 1 is 1.00 bits per heavy atom. The molecule has 0 aliphatic carbocycles. The largest absolute Gasteiger partial charge is 0.486 e. The van der Waals surface area contributed by atoms with Gasteiger partial charge in [0.05, 0.1) is 24.9 Å². The second-order valence-electron chi connectivity index (χ2n) is 6.71. The average molecular weight is 387 g/mol. The number of amides is 1. The normalized spacial score (nSPS) is 13.9. The molecule has 0 spiro atoms. The molecule has 7 heteroatoms. The SMILES string of the molecule is O=C(c1ccco1)N1CC(Oc2ccccc2-c2nc(-c3ccccc3)no2)C1. The zero-order valence-electron chi connectivity index (χ0n) is 15.4. The number of hydrogen-bond donors (Lipinski definition) is 0. The number of benzene rings is 2. The second kappa shape index (κ2) is 7.27. The van der Waals surface area contributed by atoms with Gasteiger partial charge in [-0.3, -0.25) is 4.79 Å². The van der Waals surface area contributed by atoms with Gasteiger partial charge in [-0.15, -0.1) is 0 Å². The van der Waals surface area contributed by atoms with Crippen molar-refractivity contribution in [3.8, 4) is 28.6 Å². The van der Waals surface area contributed by atoms with E-state index in [-0.39, 0.29) is 12.0 Å². The molecule has 1 fully saturated rings. The van der Waals surface area contributed by atoms with Gasteiger partial charge in [0, 0.05) is 5.56 Å². The van der Waals surface area contributed by atoms with Crippen molar-refractivity contribution < 1.29 is 18.5 Å². The number of carbonyl (C=O) groups is 1. The monoisotopic (exact) mass is 387 g/mol. The number of para-hydroxylation sites is 1. The molecule has 0 unspecified atom stereocenters. The molecule has 0 atom stereocenters. The first-order chi connectivity index (χ1) is 14.3. The fourth-order valence-corrected chi connectivity index (χ4v) is 3.20. The molecule has 1 saturated heterocycles. The third-order valence-corrected chi connectivity index (χ3v) is 4.74. The Morgan fingerprint density at radius 3 is 2.59 bits per heavy atom. The van der Waals surface area contributed by atoms with Gasteiger partial charge in [-0.25, -0.2) is 0 Å². The van der Waals surface area contributed by atoms with Crippen LogP contribution in [0.25, 0.3) is 22.8 Å². The maximum atomic E-state index is 12.3. The molecule has 1 amide bonds. The Morgan fingerprint density at radius 2 is 1.79 bits per heavy atom. The summed E-state index contributed by atoms with van der Waals surface area (Å²) in [6.07, 6.45) is 1.39. The van der Waals surface area contributed by atoms with E-state index in [9.17, 15) is 4.79 Å². The molecule has 1 aliphatic rings. The molecule has 0 saturated carbocycles. The first kappa shape index (κ1) is 17.2. The molecule has 0 radical (unpaired) electrons. The van der Waals surface area contributed by atoms with Crippen LogP contribution in [0.3, 0.4) is 0 Å². The van der Waals surface area contributed by atoms with Crippen LogP contribution in [0, 0.1) is 0 Å². The lowest BCUT2D eigenvalue weighted by molar-refractivity contribution is 0.0157. The van der Waals surface area contributed by atoms with Crippen LogP contribution in [0.2, 0.25) is 0 Å². The summed E-state index contributed by atoms with van der Waals surface area (Å²) < 4.78 is 16.7. The molecule has 2 aromatic heterocycles. The van der Waals surface area contributed by atoms with Crippen molar-refractivity contribution >= 4 is 5.91 Å². The molecule has 0 N–H and O–H groups in total. The average Bonchev–Trinajstić information content (AvgIpc) is 3.43. The Labute approximate surface area is 166 Å². The van der Waals surface area contributed by atoms with Crippen LogP contribution in [0.1, 0.15) is 10.6 Å². The Balaban J connectivity index is 1.30. The minimum Gasteiger partial charge on any atom is -0.486 e. The summed E-state index contributed by atoms with van der Waals surface area (Å²) in [5.74, 6) is 1.76. The minimum absolute atomic E-state index is 0.105. The van der Waals surface area contributed by atoms with Crippen LogP contribution in [-0.2, 0) is 0 Å². The van der Waals surface area contributed by atoms with Crippen LogP contribution < -0.4 is 4.74 Å². The van der Waals surface area contributed by atoms with E-state index < -0.39 is 0 Å². The predicted octanol–water partition coefficient (Wildman–Crippen LogP) is 3.90. The van der Waals surface area contributed by atoms with E-state index >= 15 is 0 Å². The first-order valence-electron chi connectivity index (χ1n) is 9.26. The molecule has 1 aliphatic heterocycles. The minimum atomic E-state index is -0.132. The molecule has 7 nitrogen and oxygen atoms in total. The van der Waals surface area contributed by atoms with Crippen molar-refractivity contribution in [2.24, 2.45) is 0 Å². The number of carbonyl (C=O) groups excluding carboxylic acids is 1. The Bertz CT molecular complexity index is 1120. The molecule has 3 heterocycles. The summed E-state index contributed by atoms with van der Waals surface area (Å²) >= 11 is 0. The molecule has 0 bridgehead atoms. The third-order valence-electron chi connectivity index (χ3n) is 4.74. The van der Waals surface area contributed by atoms with Crippen molar-refractivity contribution in [2.45, 2.75) is 6.10 Å². The van der Waals surface area contributed by atoms with Gasteiger partial charge < -0.3 is 18.6 Å². The standard InChI is InChI=1S/C22H17N3O4/c26-22(19-11-6-12-27-19)25-13-16(14-25)28-18-10-5-4-9-17(18)21-23-20(24-29-21)15-7-2-1-3-8-15/h1-12,16H,13-14H2. The van der Waals surface area contributed by atoms with Crippen molar-refractivity contribution in [2.75, 3.05) is 13.1 Å². The summed E-state index contributed by atoms with van der Waals surface area (Å²) in [6, 6.07) is 20.5. The van der Waals surface area contributed by atoms with Gasteiger partial charge in [0.1, 0.15) is 11.9 Å². The van der Waals surface area contributed by atoms with Crippen molar-refractivity contribution in [3.05, 3.63) is 78.8 Å². The second-order valence-corrected chi connectivity index (χ2v) is 6.71. The summed E-state index contributed by atoms with van der Waals surface area (Å²) in [7, 11) is 0. The number of nitrogens with zero attached hydrogens (tertiary/aromatic N) is 3. The molecule has 144 valence electrons. The van der Waals surface area contributed by atoms with E-state index in [1.165, 1.54) is 6.26 Å². The Kier molecular flexibility index (Phi) is 4.32. The van der Waals surface area contributed by atoms with Gasteiger partial charge >= 0.3 is 0 Å². The van der Waals surface area contributed by atoms with Crippen molar-refractivity contribution in [1.29, 1.82) is 0 Å². The number of ether oxygens (including phenoxy) is 1. The topological polar surface area (TPSA) is 81.6 Å². The van der Waals surface area contributed by atoms with Crippen LogP contribution in [-0.4, -0.2) is 40.1 Å². The third kappa shape index (κ3) is 3.38. The van der Waals surface area contributed by atoms with E-state index in [0.717, 1.165) is 11.1 Å². The molecule has 5 rings (SSSR count). The number of rotatable bonds is 5. The quantitative estimate of drug-likeness (QED) is 0.517. The van der Waals surface area contributed by atoms with Gasteiger partial charge in [0.2, 0.25) is 5.82 Å². The van der Waals surface area contributed by atoms with Crippen molar-refractivity contribution in [1.82, 2.24) is 15.0 Å². The van der Waals surface area contributed by atoms with E-state index in [4.69, 9.17) is 13.7 Å². The summed E-state index contributed by atoms with van der Waals surface area (Å²) in [6.45, 7) is 0.986. The van der Waals surface area contributed by atoms with Gasteiger partial charge in [0.25, 0.3) is 11.8 Å². The zero-order valence-corrected chi connectivity index (χ0v) is 15.4. The van der Waals surface area contributed by atoms with Gasteiger partial charge in [0.15, 0.2) is 5.76 Å². The van der Waals surface area contributed by atoms with Crippen LogP contribution in [0.15, 0.2) is 81.9 Å². The van der Waals surface area contributed by atoms with Crippen LogP contribution in [0.5, 0.6) is 5.75 Å². The number of hydrogen-bond acceptors (Lipinski definition) is 6. The highest BCUT2D eigenvalue weighted by atomic mass is 16.5. The van der Waals surface area contributed by atoms with Gasteiger partial charge in [-0.05, 0) is 24.3 Å². The number of aromatic nitrogens is 2. The van der Waals surface area contributed by atoms with Gasteiger partial charge in [-0.1, -0.05) is 47.6 Å². The lowest BCUT2D eigenvalue weighted by Gasteiger charge is -2.38. The fraction of sp³-hybridized carbons (Fsp3) is 0.136. The highest BCUT2D eigenvalue weighted by Gasteiger charge is 2.34. The maximum absolute atomic E-state index is 12.3. The van der Waals surface area contributed by atoms with Crippen molar-refractivity contribution in [3.63, 3.8) is 0 Å². The fourth-order valence-electron chi connectivity index (χ4n) is 3.20. The van der Waals surface area contributed by atoms with Gasteiger partial charge in [-0.2, -0.15) is 4.98 Å². The highest BCUT2D eigenvalue weighted by Crippen LogP contribution is 2.32. The summed E-state index contributed by atoms with van der Waals surface area (Å²) in [5, 5.41) is 4.08. The lowest BCUT2D eigenvalue weighted by Crippen LogP contribution is -2.56. The number of furan rings is 1. The highest BCUT2D eigenvalue weighted by molar-refractivity contribution is 5.92. The van der Waals surface area contributed by atoms with Crippen LogP contribution >= 0.6 is 0 Å². The van der Waals surface area contributed by atoms with E-state index in [0.29, 0.717) is 36.3 Å². The maximum Gasteiger partial charge on any atom is 0.289 e. The van der Waals surface area contributed by atoms with E-state index in [2.05, 4.69) is 10.1 Å². The van der Waals surface area contributed by atoms with E-state index in [1.807, 2.05) is 54.6 Å². The molecular weight excluding hydrogens is 370 g/mol. The molecule has 29 heavy (non-hydrogen) atoms. The lowest BCUT2D eigenvalue weighted by atomic mass is 10.1. The summed E-state index contributed by atoms with van der Waals surface area (Å²) in [4.78, 5) is 18.4. The Hall–Kier alpha value is -3.87. The van der Waals surface area contributed by atoms with Crippen LogP contribution in [0.4, 0.5) is 0 Å². The first-order valence-corrected chi connectivity index (χ1v) is 9.26. The van der Waals surface area contributed by atoms with E-state index in [1.54, 1.807) is 17.0 Å². The molecular formula is C22H17N3O4. The zero-order chi connectivity index (χ0) is 19.6.